The quantitative estimate of drug-likeness (QED) is 0.625. The number of hydrogen-bond acceptors (Lipinski definition) is 3. The SMILES string of the molecule is CC(C)(CO)CCCNC(=O)NC1CCN(CC(F)(F)F)C1. The van der Waals surface area contributed by atoms with Crippen molar-refractivity contribution in [3.63, 3.8) is 0 Å². The van der Waals surface area contributed by atoms with Crippen LogP contribution in [0.4, 0.5) is 18.0 Å². The molecule has 3 N–H and O–H groups in total. The Morgan fingerprint density at radius 2 is 2.05 bits per heavy atom. The number of alkyl halides is 3. The predicted octanol–water partition coefficient (Wildman–Crippen LogP) is 1.72. The molecule has 0 radical (unpaired) electrons. The number of rotatable bonds is 7. The average Bonchev–Trinajstić information content (AvgIpc) is 2.79. The third kappa shape index (κ3) is 7.84. The minimum absolute atomic E-state index is 0.0936. The van der Waals surface area contributed by atoms with Crippen LogP contribution in [0.1, 0.15) is 33.1 Å². The van der Waals surface area contributed by atoms with Crippen LogP contribution in [-0.4, -0.2) is 61.0 Å². The second-order valence-electron chi connectivity index (χ2n) is 6.66. The van der Waals surface area contributed by atoms with E-state index in [1.807, 2.05) is 13.8 Å². The minimum atomic E-state index is -4.20. The second kappa shape index (κ2) is 8.01. The summed E-state index contributed by atoms with van der Waals surface area (Å²) in [7, 11) is 0. The minimum Gasteiger partial charge on any atom is -0.396 e. The van der Waals surface area contributed by atoms with Crippen molar-refractivity contribution in [2.75, 3.05) is 32.8 Å². The Kier molecular flexibility index (Phi) is 6.93. The molecule has 1 aliphatic rings. The van der Waals surface area contributed by atoms with Crippen LogP contribution < -0.4 is 10.6 Å². The molecular weight excluding hydrogens is 299 g/mol. The Hall–Kier alpha value is -1.02. The lowest BCUT2D eigenvalue weighted by atomic mass is 9.89. The highest BCUT2D eigenvalue weighted by Crippen LogP contribution is 2.21. The highest BCUT2D eigenvalue weighted by Gasteiger charge is 2.34. The molecule has 1 rings (SSSR count). The van der Waals surface area contributed by atoms with Crippen LogP contribution in [0, 0.1) is 5.41 Å². The van der Waals surface area contributed by atoms with Crippen LogP contribution in [0.15, 0.2) is 0 Å². The van der Waals surface area contributed by atoms with E-state index >= 15 is 0 Å². The van der Waals surface area contributed by atoms with Crippen molar-refractivity contribution in [1.29, 1.82) is 0 Å². The summed E-state index contributed by atoms with van der Waals surface area (Å²) in [5.74, 6) is 0. The molecule has 1 unspecified atom stereocenters. The molecule has 0 aromatic carbocycles. The van der Waals surface area contributed by atoms with E-state index in [9.17, 15) is 18.0 Å². The molecule has 0 aromatic rings. The van der Waals surface area contributed by atoms with Gasteiger partial charge in [-0.05, 0) is 24.7 Å². The van der Waals surface area contributed by atoms with Crippen LogP contribution in [0.25, 0.3) is 0 Å². The molecule has 0 saturated carbocycles. The number of nitrogens with zero attached hydrogens (tertiary/aromatic N) is 1. The highest BCUT2D eigenvalue weighted by atomic mass is 19.4. The fourth-order valence-electron chi connectivity index (χ4n) is 2.43. The Bertz CT molecular complexity index is 362. The number of nitrogens with one attached hydrogen (secondary N) is 2. The van der Waals surface area contributed by atoms with Crippen molar-refractivity contribution >= 4 is 6.03 Å². The summed E-state index contributed by atoms with van der Waals surface area (Å²) in [5, 5.41) is 14.5. The Labute approximate surface area is 129 Å². The molecule has 5 nitrogen and oxygen atoms in total. The molecule has 1 fully saturated rings. The topological polar surface area (TPSA) is 64.6 Å². The van der Waals surface area contributed by atoms with Gasteiger partial charge >= 0.3 is 12.2 Å². The molecule has 0 aromatic heterocycles. The van der Waals surface area contributed by atoms with Crippen molar-refractivity contribution in [2.45, 2.75) is 45.3 Å². The standard InChI is InChI=1S/C14H26F3N3O2/c1-13(2,10-21)5-3-6-18-12(22)19-11-4-7-20(8-11)9-14(15,16)17/h11,21H,3-10H2,1-2H3,(H2,18,19,22). The molecule has 1 atom stereocenters. The number of carbonyl (C=O) groups is 1. The van der Waals surface area contributed by atoms with E-state index in [1.165, 1.54) is 4.90 Å². The monoisotopic (exact) mass is 325 g/mol. The summed E-state index contributed by atoms with van der Waals surface area (Å²) in [5.41, 5.74) is -0.165. The molecule has 130 valence electrons. The summed E-state index contributed by atoms with van der Waals surface area (Å²) in [6.07, 6.45) is -2.14. The molecule has 0 aliphatic carbocycles. The van der Waals surface area contributed by atoms with Gasteiger partial charge in [-0.15, -0.1) is 0 Å². The second-order valence-corrected chi connectivity index (χ2v) is 6.66. The first-order valence-electron chi connectivity index (χ1n) is 7.56. The van der Waals surface area contributed by atoms with Gasteiger partial charge in [-0.25, -0.2) is 4.79 Å². The van der Waals surface area contributed by atoms with E-state index in [0.717, 1.165) is 12.8 Å². The molecular formula is C14H26F3N3O2. The summed E-state index contributed by atoms with van der Waals surface area (Å²) >= 11 is 0. The first-order chi connectivity index (χ1) is 10.1. The maximum Gasteiger partial charge on any atom is 0.401 e. The normalized spacial score (nSPS) is 20.2. The Morgan fingerprint density at radius 3 is 2.64 bits per heavy atom. The van der Waals surface area contributed by atoms with Gasteiger partial charge in [0.1, 0.15) is 0 Å². The smallest absolute Gasteiger partial charge is 0.396 e. The number of urea groups is 1. The van der Waals surface area contributed by atoms with Gasteiger partial charge in [-0.1, -0.05) is 13.8 Å². The number of carbonyl (C=O) groups excluding carboxylic acids is 1. The summed E-state index contributed by atoms with van der Waals surface area (Å²) < 4.78 is 36.8. The zero-order valence-electron chi connectivity index (χ0n) is 13.2. The van der Waals surface area contributed by atoms with Crippen LogP contribution in [0.3, 0.4) is 0 Å². The number of aliphatic hydroxyl groups is 1. The van der Waals surface area contributed by atoms with E-state index < -0.39 is 12.7 Å². The fourth-order valence-corrected chi connectivity index (χ4v) is 2.43. The Balaban J connectivity index is 2.16. The summed E-state index contributed by atoms with van der Waals surface area (Å²) in [4.78, 5) is 13.0. The maximum atomic E-state index is 12.3. The van der Waals surface area contributed by atoms with E-state index in [0.29, 0.717) is 19.5 Å². The van der Waals surface area contributed by atoms with Crippen molar-refractivity contribution in [3.05, 3.63) is 0 Å². The zero-order chi connectivity index (χ0) is 16.8. The van der Waals surface area contributed by atoms with Crippen molar-refractivity contribution in [3.8, 4) is 0 Å². The molecule has 0 spiro atoms. The number of hydrogen-bond donors (Lipinski definition) is 3. The largest absolute Gasteiger partial charge is 0.401 e. The van der Waals surface area contributed by atoms with Gasteiger partial charge in [0.25, 0.3) is 0 Å². The molecule has 0 bridgehead atoms. The predicted molar refractivity (Wildman–Crippen MR) is 77.5 cm³/mol. The van der Waals surface area contributed by atoms with Gasteiger partial charge in [0.2, 0.25) is 0 Å². The summed E-state index contributed by atoms with van der Waals surface area (Å²) in [6.45, 7) is 4.11. The van der Waals surface area contributed by atoms with Crippen LogP contribution >= 0.6 is 0 Å². The number of amides is 2. The highest BCUT2D eigenvalue weighted by molar-refractivity contribution is 5.74. The average molecular weight is 325 g/mol. The van der Waals surface area contributed by atoms with Crippen molar-refractivity contribution < 1.29 is 23.1 Å². The maximum absolute atomic E-state index is 12.3. The van der Waals surface area contributed by atoms with Gasteiger partial charge in [0.15, 0.2) is 0 Å². The molecule has 1 aliphatic heterocycles. The first-order valence-corrected chi connectivity index (χ1v) is 7.56. The van der Waals surface area contributed by atoms with E-state index in [1.54, 1.807) is 0 Å². The van der Waals surface area contributed by atoms with Crippen molar-refractivity contribution in [1.82, 2.24) is 15.5 Å². The zero-order valence-corrected chi connectivity index (χ0v) is 13.2. The van der Waals surface area contributed by atoms with Gasteiger partial charge in [-0.3, -0.25) is 4.90 Å². The number of halogens is 3. The lowest BCUT2D eigenvalue weighted by molar-refractivity contribution is -0.143. The molecule has 2 amide bonds. The van der Waals surface area contributed by atoms with Gasteiger partial charge in [-0.2, -0.15) is 13.2 Å². The summed E-state index contributed by atoms with van der Waals surface area (Å²) in [6, 6.07) is -0.586. The molecule has 8 heteroatoms. The third-order valence-corrected chi connectivity index (χ3v) is 3.75. The van der Waals surface area contributed by atoms with Crippen LogP contribution in [0.5, 0.6) is 0 Å². The Morgan fingerprint density at radius 1 is 1.36 bits per heavy atom. The number of likely N-dealkylation sites (tertiary alicyclic amines) is 1. The third-order valence-electron chi connectivity index (χ3n) is 3.75. The van der Waals surface area contributed by atoms with Gasteiger partial charge in [0.05, 0.1) is 6.54 Å². The van der Waals surface area contributed by atoms with Crippen LogP contribution in [0.2, 0.25) is 0 Å². The molecule has 1 saturated heterocycles. The van der Waals surface area contributed by atoms with E-state index in [2.05, 4.69) is 10.6 Å². The van der Waals surface area contributed by atoms with E-state index in [4.69, 9.17) is 5.11 Å². The lowest BCUT2D eigenvalue weighted by Gasteiger charge is -2.21. The van der Waals surface area contributed by atoms with Crippen molar-refractivity contribution in [2.24, 2.45) is 5.41 Å². The molecule has 22 heavy (non-hydrogen) atoms. The van der Waals surface area contributed by atoms with Gasteiger partial charge < -0.3 is 15.7 Å². The first kappa shape index (κ1) is 19.0. The van der Waals surface area contributed by atoms with E-state index in [-0.39, 0.29) is 30.6 Å². The van der Waals surface area contributed by atoms with Crippen LogP contribution in [-0.2, 0) is 0 Å². The number of aliphatic hydroxyl groups excluding tert-OH is 1. The lowest BCUT2D eigenvalue weighted by Crippen LogP contribution is -2.44. The fraction of sp³-hybridized carbons (Fsp3) is 0.929. The molecule has 1 heterocycles. The van der Waals surface area contributed by atoms with Gasteiger partial charge in [0, 0.05) is 32.3 Å².